The number of hydrogen-bond donors (Lipinski definition) is 1. The van der Waals surface area contributed by atoms with Crippen molar-refractivity contribution in [1.82, 2.24) is 4.98 Å². The highest BCUT2D eigenvalue weighted by Crippen LogP contribution is 2.28. The molecular formula is C15H14BrClN2O2. The summed E-state index contributed by atoms with van der Waals surface area (Å²) < 4.78 is 6.20. The first-order valence-electron chi connectivity index (χ1n) is 6.46. The summed E-state index contributed by atoms with van der Waals surface area (Å²) >= 11 is 9.21. The van der Waals surface area contributed by atoms with E-state index in [9.17, 15) is 4.79 Å². The monoisotopic (exact) mass is 368 g/mol. The largest absolute Gasteiger partial charge is 0.491 e. The Morgan fingerprint density at radius 3 is 2.90 bits per heavy atom. The van der Waals surface area contributed by atoms with Crippen LogP contribution in [-0.2, 0) is 0 Å². The number of nitrogens with one attached hydrogen (secondary N) is 1. The number of pyridine rings is 1. The number of aromatic nitrogens is 1. The van der Waals surface area contributed by atoms with Gasteiger partial charge < -0.3 is 10.1 Å². The van der Waals surface area contributed by atoms with Gasteiger partial charge in [-0.15, -0.1) is 0 Å². The lowest BCUT2D eigenvalue weighted by Gasteiger charge is -2.12. The van der Waals surface area contributed by atoms with Gasteiger partial charge in [0.15, 0.2) is 0 Å². The van der Waals surface area contributed by atoms with Crippen molar-refractivity contribution in [3.8, 4) is 5.75 Å². The number of nitrogens with zero attached hydrogens (tertiary/aromatic N) is 1. The van der Waals surface area contributed by atoms with Crippen LogP contribution in [0.15, 0.2) is 41.0 Å². The Balaban J connectivity index is 2.21. The van der Waals surface area contributed by atoms with Crippen molar-refractivity contribution in [3.05, 3.63) is 51.7 Å². The van der Waals surface area contributed by atoms with E-state index in [-0.39, 0.29) is 5.91 Å². The molecule has 4 nitrogen and oxygen atoms in total. The number of amides is 1. The van der Waals surface area contributed by atoms with Crippen molar-refractivity contribution in [2.45, 2.75) is 13.3 Å². The Kier molecular flexibility index (Phi) is 5.59. The smallest absolute Gasteiger partial charge is 0.274 e. The van der Waals surface area contributed by atoms with Crippen molar-refractivity contribution in [2.24, 2.45) is 0 Å². The molecule has 0 saturated heterocycles. The number of ether oxygens (including phenoxy) is 1. The first-order valence-corrected chi connectivity index (χ1v) is 7.63. The van der Waals surface area contributed by atoms with Crippen molar-refractivity contribution in [1.29, 1.82) is 0 Å². The van der Waals surface area contributed by atoms with Crippen LogP contribution in [0, 0.1) is 0 Å². The van der Waals surface area contributed by atoms with E-state index in [4.69, 9.17) is 16.3 Å². The van der Waals surface area contributed by atoms with E-state index in [0.717, 1.165) is 6.42 Å². The molecule has 110 valence electrons. The van der Waals surface area contributed by atoms with Crippen molar-refractivity contribution in [3.63, 3.8) is 0 Å². The van der Waals surface area contributed by atoms with E-state index in [1.54, 1.807) is 36.4 Å². The second kappa shape index (κ2) is 7.43. The van der Waals surface area contributed by atoms with Gasteiger partial charge in [0, 0.05) is 5.02 Å². The van der Waals surface area contributed by atoms with Gasteiger partial charge in [-0.05, 0) is 52.7 Å². The third kappa shape index (κ3) is 4.44. The normalized spacial score (nSPS) is 10.2. The molecule has 0 radical (unpaired) electrons. The predicted molar refractivity (Wildman–Crippen MR) is 87.1 cm³/mol. The summed E-state index contributed by atoms with van der Waals surface area (Å²) in [7, 11) is 0. The van der Waals surface area contributed by atoms with Crippen LogP contribution in [-0.4, -0.2) is 17.5 Å². The molecule has 1 amide bonds. The van der Waals surface area contributed by atoms with Crippen molar-refractivity contribution in [2.75, 3.05) is 11.9 Å². The number of halogens is 2. The summed E-state index contributed by atoms with van der Waals surface area (Å²) in [5.74, 6) is 0.268. The Morgan fingerprint density at radius 2 is 2.19 bits per heavy atom. The van der Waals surface area contributed by atoms with Gasteiger partial charge in [0.1, 0.15) is 16.0 Å². The Hall–Kier alpha value is -1.59. The molecule has 0 fully saturated rings. The zero-order chi connectivity index (χ0) is 15.2. The van der Waals surface area contributed by atoms with Gasteiger partial charge in [0.2, 0.25) is 0 Å². The standard InChI is InChI=1S/C15H14BrClN2O2/c1-2-8-21-13-7-6-10(17)9-12(13)19-15(20)11-4-3-5-14(16)18-11/h3-7,9H,2,8H2,1H3,(H,19,20). The fraction of sp³-hybridized carbons (Fsp3) is 0.200. The molecule has 0 aliphatic carbocycles. The summed E-state index contributed by atoms with van der Waals surface area (Å²) in [5.41, 5.74) is 0.841. The number of carbonyl (C=O) groups excluding carboxylic acids is 1. The highest BCUT2D eigenvalue weighted by atomic mass is 79.9. The molecule has 0 unspecified atom stereocenters. The molecule has 0 bridgehead atoms. The maximum Gasteiger partial charge on any atom is 0.274 e. The Bertz CT molecular complexity index is 649. The summed E-state index contributed by atoms with van der Waals surface area (Å²) in [5, 5.41) is 3.30. The highest BCUT2D eigenvalue weighted by molar-refractivity contribution is 9.10. The average Bonchev–Trinajstić information content (AvgIpc) is 2.46. The van der Waals surface area contributed by atoms with Crippen LogP contribution in [0.3, 0.4) is 0 Å². The molecule has 1 heterocycles. The maximum atomic E-state index is 12.2. The van der Waals surface area contributed by atoms with E-state index in [0.29, 0.717) is 33.4 Å². The van der Waals surface area contributed by atoms with Gasteiger partial charge in [0.05, 0.1) is 12.3 Å². The van der Waals surface area contributed by atoms with Gasteiger partial charge in [0.25, 0.3) is 5.91 Å². The maximum absolute atomic E-state index is 12.2. The lowest BCUT2D eigenvalue weighted by Crippen LogP contribution is -2.14. The van der Waals surface area contributed by atoms with E-state index in [1.165, 1.54) is 0 Å². The molecule has 0 saturated carbocycles. The molecule has 21 heavy (non-hydrogen) atoms. The molecule has 1 aromatic carbocycles. The second-order valence-electron chi connectivity index (χ2n) is 4.29. The number of anilines is 1. The van der Waals surface area contributed by atoms with Crippen LogP contribution >= 0.6 is 27.5 Å². The number of rotatable bonds is 5. The average molecular weight is 370 g/mol. The molecule has 0 aliphatic rings. The molecule has 1 aromatic heterocycles. The highest BCUT2D eigenvalue weighted by Gasteiger charge is 2.12. The third-order valence-corrected chi connectivity index (χ3v) is 3.28. The zero-order valence-corrected chi connectivity index (χ0v) is 13.7. The minimum Gasteiger partial charge on any atom is -0.491 e. The summed E-state index contributed by atoms with van der Waals surface area (Å²) in [6.07, 6.45) is 0.878. The van der Waals surface area contributed by atoms with E-state index in [1.807, 2.05) is 6.92 Å². The second-order valence-corrected chi connectivity index (χ2v) is 5.54. The Morgan fingerprint density at radius 1 is 1.38 bits per heavy atom. The van der Waals surface area contributed by atoms with E-state index in [2.05, 4.69) is 26.2 Å². The van der Waals surface area contributed by atoms with Crippen LogP contribution in [0.25, 0.3) is 0 Å². The fourth-order valence-corrected chi connectivity index (χ4v) is 2.17. The fourth-order valence-electron chi connectivity index (χ4n) is 1.66. The topological polar surface area (TPSA) is 51.2 Å². The van der Waals surface area contributed by atoms with Crippen LogP contribution in [0.5, 0.6) is 5.75 Å². The molecule has 2 rings (SSSR count). The molecule has 0 spiro atoms. The summed E-state index contributed by atoms with van der Waals surface area (Å²) in [4.78, 5) is 16.3. The number of hydrogen-bond acceptors (Lipinski definition) is 3. The van der Waals surface area contributed by atoms with Gasteiger partial charge in [-0.2, -0.15) is 0 Å². The first-order chi connectivity index (χ1) is 10.1. The van der Waals surface area contributed by atoms with Gasteiger partial charge in [-0.25, -0.2) is 4.98 Å². The quantitative estimate of drug-likeness (QED) is 0.787. The lowest BCUT2D eigenvalue weighted by atomic mass is 10.2. The van der Waals surface area contributed by atoms with Crippen LogP contribution in [0.2, 0.25) is 5.02 Å². The van der Waals surface area contributed by atoms with Crippen molar-refractivity contribution < 1.29 is 9.53 Å². The molecule has 6 heteroatoms. The third-order valence-electron chi connectivity index (χ3n) is 2.60. The summed E-state index contributed by atoms with van der Waals surface area (Å²) in [6.45, 7) is 2.58. The van der Waals surface area contributed by atoms with Crippen LogP contribution < -0.4 is 10.1 Å². The van der Waals surface area contributed by atoms with Crippen LogP contribution in [0.1, 0.15) is 23.8 Å². The first kappa shape index (κ1) is 15.8. The number of carbonyl (C=O) groups is 1. The number of benzene rings is 1. The molecule has 0 atom stereocenters. The molecule has 1 N–H and O–H groups in total. The minimum atomic E-state index is -0.320. The van der Waals surface area contributed by atoms with Gasteiger partial charge in [-0.1, -0.05) is 24.6 Å². The Labute approximate surface area is 136 Å². The van der Waals surface area contributed by atoms with E-state index >= 15 is 0 Å². The minimum absolute atomic E-state index is 0.311. The molecular weight excluding hydrogens is 356 g/mol. The van der Waals surface area contributed by atoms with Gasteiger partial charge >= 0.3 is 0 Å². The van der Waals surface area contributed by atoms with E-state index < -0.39 is 0 Å². The lowest BCUT2D eigenvalue weighted by molar-refractivity contribution is 0.102. The zero-order valence-electron chi connectivity index (χ0n) is 11.4. The van der Waals surface area contributed by atoms with Gasteiger partial charge in [-0.3, -0.25) is 4.79 Å². The molecule has 2 aromatic rings. The SMILES string of the molecule is CCCOc1ccc(Cl)cc1NC(=O)c1cccc(Br)n1. The van der Waals surface area contributed by atoms with Crippen LogP contribution in [0.4, 0.5) is 5.69 Å². The predicted octanol–water partition coefficient (Wildman–Crippen LogP) is 4.54. The molecule has 0 aliphatic heterocycles. The van der Waals surface area contributed by atoms with Crippen molar-refractivity contribution >= 4 is 39.1 Å². The summed E-state index contributed by atoms with van der Waals surface area (Å²) in [6, 6.07) is 10.3.